The molecule has 4 aliphatic rings. The molecule has 4 aromatic rings. The number of nitrogens with zero attached hydrogens (tertiary/aromatic N) is 6. The van der Waals surface area contributed by atoms with Gasteiger partial charge in [-0.2, -0.15) is 4.98 Å². The number of ether oxygens (including phenoxy) is 1. The average molecular weight is 853 g/mol. The summed E-state index contributed by atoms with van der Waals surface area (Å²) in [7, 11) is 3.66. The van der Waals surface area contributed by atoms with E-state index in [9.17, 15) is 19.2 Å². The first-order chi connectivity index (χ1) is 29.0. The van der Waals surface area contributed by atoms with Gasteiger partial charge in [0.2, 0.25) is 23.7 Å². The molecule has 3 aromatic carbocycles. The van der Waals surface area contributed by atoms with Gasteiger partial charge in [0.1, 0.15) is 16.8 Å². The molecule has 0 saturated carbocycles. The predicted octanol–water partition coefficient (Wildman–Crippen LogP) is 6.42. The van der Waals surface area contributed by atoms with Crippen LogP contribution in [0.1, 0.15) is 54.4 Å². The second-order valence-corrected chi connectivity index (χ2v) is 17.1. The van der Waals surface area contributed by atoms with Crippen LogP contribution in [-0.2, 0) is 20.9 Å². The van der Waals surface area contributed by atoms with Gasteiger partial charge < -0.3 is 34.8 Å². The number of hydrogen-bond donors (Lipinski definition) is 4. The van der Waals surface area contributed by atoms with Crippen molar-refractivity contribution in [2.45, 2.75) is 51.1 Å². The fraction of sp³-hybridized carbons (Fsp3) is 0.395. The molecule has 3 saturated heterocycles. The van der Waals surface area contributed by atoms with E-state index >= 15 is 0 Å². The molecule has 8 rings (SSSR count). The number of benzene rings is 3. The van der Waals surface area contributed by atoms with Gasteiger partial charge in [-0.25, -0.2) is 4.98 Å². The second kappa shape index (κ2) is 17.6. The first-order valence-electron chi connectivity index (χ1n) is 20.2. The van der Waals surface area contributed by atoms with E-state index in [0.717, 1.165) is 74.6 Å². The third-order valence-electron chi connectivity index (χ3n) is 12.3. The lowest BCUT2D eigenvalue weighted by atomic mass is 9.71. The summed E-state index contributed by atoms with van der Waals surface area (Å²) in [6, 6.07) is 18.7. The Labute approximate surface area is 358 Å². The van der Waals surface area contributed by atoms with Crippen molar-refractivity contribution in [3.63, 3.8) is 0 Å². The van der Waals surface area contributed by atoms with Gasteiger partial charge in [0.15, 0.2) is 5.82 Å². The molecule has 4 amide bonds. The molecule has 0 aliphatic carbocycles. The number of anilines is 7. The number of imide groups is 1. The first kappa shape index (κ1) is 41.2. The van der Waals surface area contributed by atoms with Gasteiger partial charge in [-0.1, -0.05) is 41.7 Å². The molecule has 15 nitrogen and oxygen atoms in total. The zero-order chi connectivity index (χ0) is 42.0. The van der Waals surface area contributed by atoms with Crippen LogP contribution in [0.4, 0.5) is 40.2 Å². The number of carbonyl (C=O) groups excluding carboxylic acids is 4. The second-order valence-electron chi connectivity index (χ2n) is 15.8. The van der Waals surface area contributed by atoms with Crippen LogP contribution in [0.15, 0.2) is 66.9 Å². The van der Waals surface area contributed by atoms with Crippen molar-refractivity contribution in [1.82, 2.24) is 25.1 Å². The molecule has 0 bridgehead atoms. The number of nitrogens with one attached hydrogen (secondary N) is 4. The van der Waals surface area contributed by atoms with E-state index in [1.54, 1.807) is 43.5 Å². The molecular weight excluding hydrogens is 804 g/mol. The Bertz CT molecular complexity index is 2300. The minimum absolute atomic E-state index is 0.131. The highest BCUT2D eigenvalue weighted by molar-refractivity contribution is 7.99. The number of halogens is 1. The quantitative estimate of drug-likeness (QED) is 0.0913. The number of para-hydroxylation sites is 2. The number of piperidine rings is 3. The van der Waals surface area contributed by atoms with Crippen molar-refractivity contribution in [2.75, 3.05) is 78.3 Å². The van der Waals surface area contributed by atoms with Crippen molar-refractivity contribution >= 4 is 87.4 Å². The number of fused-ring (bicyclic) bond motifs is 1. The highest BCUT2D eigenvalue weighted by Crippen LogP contribution is 2.43. The summed E-state index contributed by atoms with van der Waals surface area (Å²) in [6.07, 6.45) is 8.23. The highest BCUT2D eigenvalue weighted by atomic mass is 35.5. The predicted molar refractivity (Wildman–Crippen MR) is 236 cm³/mol. The maximum Gasteiger partial charge on any atom is 0.255 e. The monoisotopic (exact) mass is 852 g/mol. The van der Waals surface area contributed by atoms with Crippen LogP contribution in [0, 0.1) is 5.41 Å². The van der Waals surface area contributed by atoms with Gasteiger partial charge in [0.25, 0.3) is 5.91 Å². The van der Waals surface area contributed by atoms with Gasteiger partial charge >= 0.3 is 0 Å². The fourth-order valence-corrected chi connectivity index (χ4v) is 9.21. The molecule has 17 heteroatoms. The molecule has 5 heterocycles. The SMILES string of the molecule is COc1cc(N2CCC3(CCN(CC(=O)Nc4cccc5c4CN(C4CCC(=O)NC4=O)C5=O)CC3)CC2)ccc1Nc1ncc(Cl)c(Nc2ccccc2N(C)SC)n1. The normalized spacial score (nSPS) is 18.9. The summed E-state index contributed by atoms with van der Waals surface area (Å²) in [5.74, 6) is 0.365. The molecule has 4 N–H and O–H groups in total. The summed E-state index contributed by atoms with van der Waals surface area (Å²) in [6.45, 7) is 3.99. The summed E-state index contributed by atoms with van der Waals surface area (Å²) < 4.78 is 7.89. The topological polar surface area (TPSA) is 164 Å². The zero-order valence-corrected chi connectivity index (χ0v) is 35.5. The number of likely N-dealkylation sites (tertiary alicyclic amines) is 1. The molecule has 0 radical (unpaired) electrons. The third-order valence-corrected chi connectivity index (χ3v) is 13.3. The lowest BCUT2D eigenvalue weighted by Crippen LogP contribution is -2.52. The van der Waals surface area contributed by atoms with Gasteiger partial charge in [0.05, 0.1) is 36.9 Å². The van der Waals surface area contributed by atoms with Crippen LogP contribution in [-0.4, -0.2) is 103 Å². The molecular formula is C43H49ClN10O5S. The van der Waals surface area contributed by atoms with Crippen LogP contribution in [0.5, 0.6) is 5.75 Å². The molecule has 314 valence electrons. The van der Waals surface area contributed by atoms with E-state index in [0.29, 0.717) is 39.4 Å². The molecule has 1 atom stereocenters. The maximum absolute atomic E-state index is 13.3. The third kappa shape index (κ3) is 8.67. The highest BCUT2D eigenvalue weighted by Gasteiger charge is 2.41. The fourth-order valence-electron chi connectivity index (χ4n) is 8.72. The molecule has 1 spiro atoms. The average Bonchev–Trinajstić information content (AvgIpc) is 3.59. The Hall–Kier alpha value is -5.58. The number of rotatable bonds is 12. The number of aromatic nitrogens is 2. The van der Waals surface area contributed by atoms with E-state index in [4.69, 9.17) is 16.3 Å². The number of carbonyl (C=O) groups is 4. The minimum Gasteiger partial charge on any atom is -0.494 e. The van der Waals surface area contributed by atoms with Gasteiger partial charge in [-0.05, 0) is 87.0 Å². The summed E-state index contributed by atoms with van der Waals surface area (Å²) in [4.78, 5) is 66.0. The van der Waals surface area contributed by atoms with Crippen LogP contribution in [0.2, 0.25) is 5.02 Å². The Balaban J connectivity index is 0.832. The molecule has 4 aliphatic heterocycles. The molecule has 3 fully saturated rings. The van der Waals surface area contributed by atoms with Gasteiger partial charge in [0, 0.05) is 67.9 Å². The van der Waals surface area contributed by atoms with Crippen LogP contribution in [0.25, 0.3) is 0 Å². The van der Waals surface area contributed by atoms with E-state index in [1.165, 1.54) is 4.90 Å². The Morgan fingerprint density at radius 3 is 2.48 bits per heavy atom. The largest absolute Gasteiger partial charge is 0.494 e. The zero-order valence-electron chi connectivity index (χ0n) is 33.9. The lowest BCUT2D eigenvalue weighted by Gasteiger charge is -2.47. The van der Waals surface area contributed by atoms with E-state index in [2.05, 4.69) is 57.5 Å². The van der Waals surface area contributed by atoms with Crippen LogP contribution < -0.4 is 35.2 Å². The Kier molecular flexibility index (Phi) is 12.1. The Morgan fingerprint density at radius 2 is 1.73 bits per heavy atom. The number of amides is 4. The van der Waals surface area contributed by atoms with Crippen molar-refractivity contribution in [1.29, 1.82) is 0 Å². The van der Waals surface area contributed by atoms with Gasteiger partial charge in [-0.3, -0.25) is 29.4 Å². The molecule has 1 unspecified atom stereocenters. The summed E-state index contributed by atoms with van der Waals surface area (Å²) >= 11 is 8.13. The van der Waals surface area contributed by atoms with Crippen molar-refractivity contribution in [3.05, 3.63) is 83.0 Å². The maximum atomic E-state index is 13.3. The summed E-state index contributed by atoms with van der Waals surface area (Å²) in [5.41, 5.74) is 5.68. The van der Waals surface area contributed by atoms with Crippen LogP contribution in [0.3, 0.4) is 0 Å². The molecule has 1 aromatic heterocycles. The Morgan fingerprint density at radius 1 is 0.983 bits per heavy atom. The first-order valence-corrected chi connectivity index (χ1v) is 21.7. The van der Waals surface area contributed by atoms with Gasteiger partial charge in [-0.15, -0.1) is 0 Å². The van der Waals surface area contributed by atoms with Crippen molar-refractivity contribution < 1.29 is 23.9 Å². The standard InChI is InChI=1S/C43H49ClN10O5S/c1-51(60-3)34-10-5-4-8-32(34)47-39-30(44)24-45-42(50-39)48-33-12-11-27(23-36(33)59-2)53-21-17-43(18-22-53)15-19-52(20-16-43)26-38(56)46-31-9-6-7-28-29(31)25-54(41(28)58)35-13-14-37(55)49-40(35)57/h4-12,23-24,35H,13-22,25-26H2,1-3H3,(H,46,56)(H,49,55,57)(H2,45,47,48,50). The number of hydrogen-bond acceptors (Lipinski definition) is 13. The summed E-state index contributed by atoms with van der Waals surface area (Å²) in [5, 5.41) is 12.5. The van der Waals surface area contributed by atoms with Crippen LogP contribution >= 0.6 is 23.5 Å². The minimum atomic E-state index is -0.708. The van der Waals surface area contributed by atoms with E-state index < -0.39 is 11.9 Å². The van der Waals surface area contributed by atoms with E-state index in [-0.39, 0.29) is 49.1 Å². The smallest absolute Gasteiger partial charge is 0.255 e. The number of methoxy groups -OCH3 is 1. The lowest BCUT2D eigenvalue weighted by molar-refractivity contribution is -0.137. The van der Waals surface area contributed by atoms with Crippen molar-refractivity contribution in [3.8, 4) is 5.75 Å². The van der Waals surface area contributed by atoms with Crippen molar-refractivity contribution in [2.24, 2.45) is 5.41 Å². The van der Waals surface area contributed by atoms with E-state index in [1.807, 2.05) is 43.6 Å². The molecule has 60 heavy (non-hydrogen) atoms.